The second-order valence-corrected chi connectivity index (χ2v) is 6.21. The molecule has 0 aliphatic heterocycles. The first-order chi connectivity index (χ1) is 11.6. The lowest BCUT2D eigenvalue weighted by atomic mass is 10.1. The number of benzene rings is 1. The van der Waals surface area contributed by atoms with Gasteiger partial charge in [0, 0.05) is 5.56 Å². The van der Waals surface area contributed by atoms with Gasteiger partial charge in [0.2, 0.25) is 11.8 Å². The molecule has 0 bridgehead atoms. The summed E-state index contributed by atoms with van der Waals surface area (Å²) in [5.74, 6) is 1.24. The second kappa shape index (κ2) is 7.35. The van der Waals surface area contributed by atoms with Gasteiger partial charge >= 0.3 is 0 Å². The molecule has 1 aromatic carbocycles. The van der Waals surface area contributed by atoms with Gasteiger partial charge in [0.1, 0.15) is 5.76 Å². The molecule has 2 heterocycles. The van der Waals surface area contributed by atoms with E-state index in [1.54, 1.807) is 12.3 Å². The Kier molecular flexibility index (Phi) is 5.00. The smallest absolute Gasteiger partial charge is 0.277 e. The number of carbonyl (C=O) groups excluding carboxylic acids is 1. The maximum Gasteiger partial charge on any atom is 0.277 e. The predicted octanol–water partition coefficient (Wildman–Crippen LogP) is 3.61. The first-order valence-corrected chi connectivity index (χ1v) is 8.47. The summed E-state index contributed by atoms with van der Waals surface area (Å²) in [4.78, 5) is 12.0. The molecule has 0 saturated carbocycles. The fourth-order valence-corrected chi connectivity index (χ4v) is 2.78. The Morgan fingerprint density at radius 1 is 1.25 bits per heavy atom. The van der Waals surface area contributed by atoms with E-state index in [1.165, 1.54) is 11.8 Å². The van der Waals surface area contributed by atoms with Gasteiger partial charge in [-0.2, -0.15) is 0 Å². The van der Waals surface area contributed by atoms with Crippen molar-refractivity contribution in [1.82, 2.24) is 15.5 Å². The van der Waals surface area contributed by atoms with Crippen LogP contribution < -0.4 is 5.32 Å². The van der Waals surface area contributed by atoms with Crippen LogP contribution in [-0.2, 0) is 4.79 Å². The SMILES string of the molecule is Cc1ccccc1-c1nnc(SCC(=O)N[C@H](C)c2ccco2)o1. The van der Waals surface area contributed by atoms with Gasteiger partial charge in [0.15, 0.2) is 0 Å². The minimum absolute atomic E-state index is 0.125. The maximum absolute atomic E-state index is 12.0. The molecule has 0 saturated heterocycles. The number of carbonyl (C=O) groups is 1. The van der Waals surface area contributed by atoms with Gasteiger partial charge in [0.25, 0.3) is 5.22 Å². The summed E-state index contributed by atoms with van der Waals surface area (Å²) < 4.78 is 10.9. The molecule has 1 N–H and O–H groups in total. The molecule has 6 nitrogen and oxygen atoms in total. The number of furan rings is 1. The van der Waals surface area contributed by atoms with Crippen molar-refractivity contribution < 1.29 is 13.6 Å². The van der Waals surface area contributed by atoms with Gasteiger partial charge in [-0.1, -0.05) is 30.0 Å². The molecular weight excluding hydrogens is 326 g/mol. The molecule has 3 rings (SSSR count). The van der Waals surface area contributed by atoms with Crippen molar-refractivity contribution in [2.75, 3.05) is 5.75 Å². The van der Waals surface area contributed by atoms with E-state index in [0.29, 0.717) is 16.9 Å². The Labute approximate surface area is 143 Å². The minimum atomic E-state index is -0.182. The standard InChI is InChI=1S/C17H17N3O3S/c1-11-6-3-4-7-13(11)16-19-20-17(23-16)24-10-15(21)18-12(2)14-8-5-9-22-14/h3-9,12H,10H2,1-2H3,(H,18,21)/t12-/m1/s1. The van der Waals surface area contributed by atoms with Crippen molar-refractivity contribution in [2.24, 2.45) is 0 Å². The van der Waals surface area contributed by atoms with Gasteiger partial charge in [-0.25, -0.2) is 0 Å². The monoisotopic (exact) mass is 343 g/mol. The summed E-state index contributed by atoms with van der Waals surface area (Å²) in [5.41, 5.74) is 1.95. The Hall–Kier alpha value is -2.54. The normalized spacial score (nSPS) is 12.1. The van der Waals surface area contributed by atoms with E-state index in [-0.39, 0.29) is 17.7 Å². The second-order valence-electron chi connectivity index (χ2n) is 5.28. The van der Waals surface area contributed by atoms with Gasteiger partial charge in [0.05, 0.1) is 18.1 Å². The molecule has 0 spiro atoms. The van der Waals surface area contributed by atoms with Crippen molar-refractivity contribution in [2.45, 2.75) is 25.1 Å². The summed E-state index contributed by atoms with van der Waals surface area (Å²) in [6, 6.07) is 11.2. The first kappa shape index (κ1) is 16.3. The average molecular weight is 343 g/mol. The van der Waals surface area contributed by atoms with E-state index < -0.39 is 0 Å². The maximum atomic E-state index is 12.0. The molecule has 1 atom stereocenters. The number of thioether (sulfide) groups is 1. The van der Waals surface area contributed by atoms with E-state index >= 15 is 0 Å². The van der Waals surface area contributed by atoms with Gasteiger partial charge in [-0.05, 0) is 37.6 Å². The lowest BCUT2D eigenvalue weighted by Crippen LogP contribution is -2.27. The molecule has 7 heteroatoms. The quantitative estimate of drug-likeness (QED) is 0.689. The van der Waals surface area contributed by atoms with Crippen LogP contribution in [0.3, 0.4) is 0 Å². The molecule has 0 unspecified atom stereocenters. The highest BCUT2D eigenvalue weighted by molar-refractivity contribution is 7.99. The van der Waals surface area contributed by atoms with E-state index in [1.807, 2.05) is 44.2 Å². The topological polar surface area (TPSA) is 81.2 Å². The lowest BCUT2D eigenvalue weighted by molar-refractivity contribution is -0.119. The zero-order chi connectivity index (χ0) is 16.9. The highest BCUT2D eigenvalue weighted by Crippen LogP contribution is 2.25. The van der Waals surface area contributed by atoms with Crippen LogP contribution in [0, 0.1) is 6.92 Å². The van der Waals surface area contributed by atoms with Crippen molar-refractivity contribution >= 4 is 17.7 Å². The third-order valence-corrected chi connectivity index (χ3v) is 4.27. The molecule has 3 aromatic rings. The lowest BCUT2D eigenvalue weighted by Gasteiger charge is -2.10. The molecule has 0 aliphatic carbocycles. The molecular formula is C17H17N3O3S. The average Bonchev–Trinajstić information content (AvgIpc) is 3.25. The van der Waals surface area contributed by atoms with E-state index in [4.69, 9.17) is 8.83 Å². The van der Waals surface area contributed by atoms with Crippen molar-refractivity contribution in [3.8, 4) is 11.5 Å². The molecule has 0 aliphatic rings. The summed E-state index contributed by atoms with van der Waals surface area (Å²) in [6.45, 7) is 3.85. The van der Waals surface area contributed by atoms with Crippen molar-refractivity contribution in [3.05, 3.63) is 54.0 Å². The summed E-state index contributed by atoms with van der Waals surface area (Å²) in [5, 5.41) is 11.3. The Balaban J connectivity index is 1.56. The number of hydrogen-bond donors (Lipinski definition) is 1. The van der Waals surface area contributed by atoms with Crippen LogP contribution in [0.25, 0.3) is 11.5 Å². The number of aryl methyl sites for hydroxylation is 1. The third-order valence-electron chi connectivity index (χ3n) is 3.46. The molecule has 2 aromatic heterocycles. The summed E-state index contributed by atoms with van der Waals surface area (Å²) >= 11 is 1.21. The van der Waals surface area contributed by atoms with E-state index in [9.17, 15) is 4.79 Å². The van der Waals surface area contributed by atoms with Crippen molar-refractivity contribution in [3.63, 3.8) is 0 Å². The number of aromatic nitrogens is 2. The van der Waals surface area contributed by atoms with Crippen LogP contribution in [0.1, 0.15) is 24.3 Å². The van der Waals surface area contributed by atoms with E-state index in [2.05, 4.69) is 15.5 Å². The van der Waals surface area contributed by atoms with Crippen LogP contribution in [-0.4, -0.2) is 21.9 Å². The third kappa shape index (κ3) is 3.86. The zero-order valence-electron chi connectivity index (χ0n) is 13.4. The molecule has 124 valence electrons. The fourth-order valence-electron chi connectivity index (χ4n) is 2.21. The molecule has 24 heavy (non-hydrogen) atoms. The number of nitrogens with one attached hydrogen (secondary N) is 1. The number of amides is 1. The highest BCUT2D eigenvalue weighted by atomic mass is 32.2. The van der Waals surface area contributed by atoms with Crippen molar-refractivity contribution in [1.29, 1.82) is 0 Å². The first-order valence-electron chi connectivity index (χ1n) is 7.48. The highest BCUT2D eigenvalue weighted by Gasteiger charge is 2.15. The summed E-state index contributed by atoms with van der Waals surface area (Å²) in [7, 11) is 0. The van der Waals surface area contributed by atoms with Gasteiger partial charge in [-0.3, -0.25) is 4.79 Å². The minimum Gasteiger partial charge on any atom is -0.467 e. The zero-order valence-corrected chi connectivity index (χ0v) is 14.2. The Morgan fingerprint density at radius 2 is 2.08 bits per heavy atom. The Bertz CT molecular complexity index is 814. The Morgan fingerprint density at radius 3 is 2.83 bits per heavy atom. The van der Waals surface area contributed by atoms with Crippen LogP contribution in [0.15, 0.2) is 56.7 Å². The number of rotatable bonds is 6. The fraction of sp³-hybridized carbons (Fsp3) is 0.235. The molecule has 0 fully saturated rings. The number of nitrogens with zero attached hydrogens (tertiary/aromatic N) is 2. The van der Waals surface area contributed by atoms with Gasteiger partial charge < -0.3 is 14.2 Å². The van der Waals surface area contributed by atoms with Crippen LogP contribution in [0.4, 0.5) is 0 Å². The van der Waals surface area contributed by atoms with Crippen LogP contribution in [0.2, 0.25) is 0 Å². The largest absolute Gasteiger partial charge is 0.467 e. The molecule has 0 radical (unpaired) electrons. The van der Waals surface area contributed by atoms with Crippen LogP contribution in [0.5, 0.6) is 0 Å². The van der Waals surface area contributed by atoms with Crippen LogP contribution >= 0.6 is 11.8 Å². The summed E-state index contributed by atoms with van der Waals surface area (Å²) in [6.07, 6.45) is 1.58. The number of hydrogen-bond acceptors (Lipinski definition) is 6. The molecule has 1 amide bonds. The predicted molar refractivity (Wildman–Crippen MR) is 90.5 cm³/mol. The van der Waals surface area contributed by atoms with Gasteiger partial charge in [-0.15, -0.1) is 10.2 Å². The van der Waals surface area contributed by atoms with E-state index in [0.717, 1.165) is 11.1 Å².